The van der Waals surface area contributed by atoms with E-state index >= 15 is 0 Å². The van der Waals surface area contributed by atoms with Crippen LogP contribution in [0.2, 0.25) is 0 Å². The molecule has 1 aliphatic rings. The van der Waals surface area contributed by atoms with Crippen molar-refractivity contribution in [2.75, 3.05) is 13.6 Å². The number of aromatic amines is 1. The molecule has 0 fully saturated rings. The van der Waals surface area contributed by atoms with E-state index in [-0.39, 0.29) is 10.8 Å². The van der Waals surface area contributed by atoms with Crippen molar-refractivity contribution in [1.82, 2.24) is 14.6 Å². The topological polar surface area (TPSA) is 82.3 Å². The van der Waals surface area contributed by atoms with Crippen LogP contribution in [0.3, 0.4) is 0 Å². The average Bonchev–Trinajstić information content (AvgIpc) is 3.05. The highest BCUT2D eigenvalue weighted by molar-refractivity contribution is 7.89. The minimum atomic E-state index is -3.60. The van der Waals surface area contributed by atoms with Gasteiger partial charge in [0.25, 0.3) is 5.91 Å². The number of carbonyl (C=O) groups excluding carboxylic acids is 1. The van der Waals surface area contributed by atoms with Crippen molar-refractivity contribution >= 4 is 26.8 Å². The fourth-order valence-corrected chi connectivity index (χ4v) is 4.38. The molecule has 0 saturated heterocycles. The van der Waals surface area contributed by atoms with Gasteiger partial charge in [0.05, 0.1) is 4.90 Å². The number of hydrogen-bond donors (Lipinski definition) is 2. The first kappa shape index (κ1) is 17.8. The van der Waals surface area contributed by atoms with Crippen molar-refractivity contribution in [3.05, 3.63) is 64.8 Å². The number of nitrogens with one attached hydrogen (secondary N) is 2. The van der Waals surface area contributed by atoms with Gasteiger partial charge in [-0.1, -0.05) is 24.3 Å². The van der Waals surface area contributed by atoms with E-state index in [9.17, 15) is 13.2 Å². The molecule has 0 bridgehead atoms. The number of carbonyl (C=O) groups is 1. The first-order chi connectivity index (χ1) is 12.9. The highest BCUT2D eigenvalue weighted by Gasteiger charge is 2.26. The maximum Gasteiger partial charge on any atom is 0.254 e. The number of aryl methyl sites for hydroxylation is 1. The third-order valence-corrected chi connectivity index (χ3v) is 6.60. The Kier molecular flexibility index (Phi) is 4.28. The molecule has 4 rings (SSSR count). The number of fused-ring (bicyclic) bond motifs is 3. The minimum absolute atomic E-state index is 0.101. The summed E-state index contributed by atoms with van der Waals surface area (Å²) in [6.07, 6.45) is 0.753. The smallest absolute Gasteiger partial charge is 0.254 e. The van der Waals surface area contributed by atoms with E-state index in [0.29, 0.717) is 18.7 Å². The van der Waals surface area contributed by atoms with Crippen LogP contribution in [0.5, 0.6) is 0 Å². The van der Waals surface area contributed by atoms with Crippen molar-refractivity contribution in [3.8, 4) is 0 Å². The maximum atomic E-state index is 13.2. The second-order valence-corrected chi connectivity index (χ2v) is 8.68. The first-order valence-electron chi connectivity index (χ1n) is 8.82. The molecular weight excluding hydrogens is 362 g/mol. The number of aromatic nitrogens is 1. The molecule has 1 aromatic heterocycles. The van der Waals surface area contributed by atoms with Crippen molar-refractivity contribution < 1.29 is 13.2 Å². The number of amides is 1. The second kappa shape index (κ2) is 6.51. The Bertz CT molecular complexity index is 1150. The summed E-state index contributed by atoms with van der Waals surface area (Å²) in [5.41, 5.74) is 4.58. The van der Waals surface area contributed by atoms with Gasteiger partial charge in [-0.15, -0.1) is 0 Å². The molecule has 0 unspecified atom stereocenters. The lowest BCUT2D eigenvalue weighted by molar-refractivity contribution is 0.0734. The van der Waals surface area contributed by atoms with E-state index in [1.807, 2.05) is 25.1 Å². The predicted molar refractivity (Wildman–Crippen MR) is 104 cm³/mol. The number of rotatable bonds is 3. The standard InChI is InChI=1S/C20H21N3O3S/c1-13-7-8-14(27(25,26)21-2)11-16(13)20(24)23-10-9-19-17(12-23)15-5-3-4-6-18(15)22-19/h3-8,11,21-22H,9-10,12H2,1-2H3. The van der Waals surface area contributed by atoms with Crippen LogP contribution in [0.25, 0.3) is 10.9 Å². The Balaban J connectivity index is 1.69. The van der Waals surface area contributed by atoms with Gasteiger partial charge in [0.2, 0.25) is 10.0 Å². The van der Waals surface area contributed by atoms with Gasteiger partial charge >= 0.3 is 0 Å². The van der Waals surface area contributed by atoms with E-state index < -0.39 is 10.0 Å². The van der Waals surface area contributed by atoms with Gasteiger partial charge in [-0.05, 0) is 37.7 Å². The van der Waals surface area contributed by atoms with Crippen LogP contribution < -0.4 is 4.72 Å². The Hall–Kier alpha value is -2.64. The number of para-hydroxylation sites is 1. The van der Waals surface area contributed by atoms with Gasteiger partial charge in [0, 0.05) is 47.2 Å². The highest BCUT2D eigenvalue weighted by atomic mass is 32.2. The molecule has 2 aromatic carbocycles. The SMILES string of the molecule is CNS(=O)(=O)c1ccc(C)c(C(=O)N2CCc3[nH]c4ccccc4c3C2)c1. The Morgan fingerprint density at radius 2 is 1.96 bits per heavy atom. The van der Waals surface area contributed by atoms with Crippen molar-refractivity contribution in [2.45, 2.75) is 24.8 Å². The fraction of sp³-hybridized carbons (Fsp3) is 0.250. The van der Waals surface area contributed by atoms with Crippen LogP contribution in [-0.4, -0.2) is 37.8 Å². The van der Waals surface area contributed by atoms with Crippen LogP contribution in [0, 0.1) is 6.92 Å². The van der Waals surface area contributed by atoms with Crippen LogP contribution in [0.15, 0.2) is 47.4 Å². The summed E-state index contributed by atoms with van der Waals surface area (Å²) in [6, 6.07) is 12.7. The van der Waals surface area contributed by atoms with Gasteiger partial charge in [-0.25, -0.2) is 13.1 Å². The predicted octanol–water partition coefficient (Wildman–Crippen LogP) is 2.58. The van der Waals surface area contributed by atoms with Crippen molar-refractivity contribution in [2.24, 2.45) is 0 Å². The summed E-state index contributed by atoms with van der Waals surface area (Å²) in [7, 11) is -2.23. The number of nitrogens with zero attached hydrogens (tertiary/aromatic N) is 1. The normalized spacial score (nSPS) is 14.4. The molecule has 0 saturated carbocycles. The largest absolute Gasteiger partial charge is 0.358 e. The summed E-state index contributed by atoms with van der Waals surface area (Å²) in [6.45, 7) is 2.94. The Morgan fingerprint density at radius 3 is 2.74 bits per heavy atom. The minimum Gasteiger partial charge on any atom is -0.358 e. The number of sulfonamides is 1. The second-order valence-electron chi connectivity index (χ2n) is 6.79. The molecule has 6 nitrogen and oxygen atoms in total. The molecule has 0 radical (unpaired) electrons. The monoisotopic (exact) mass is 383 g/mol. The number of benzene rings is 2. The molecule has 2 N–H and O–H groups in total. The summed E-state index contributed by atoms with van der Waals surface area (Å²) in [4.78, 5) is 18.5. The zero-order valence-corrected chi connectivity index (χ0v) is 16.1. The molecule has 1 amide bonds. The highest BCUT2D eigenvalue weighted by Crippen LogP contribution is 2.29. The van der Waals surface area contributed by atoms with Gasteiger partial charge < -0.3 is 9.88 Å². The molecular formula is C20H21N3O3S. The van der Waals surface area contributed by atoms with Crippen LogP contribution in [-0.2, 0) is 23.0 Å². The quantitative estimate of drug-likeness (QED) is 0.729. The average molecular weight is 383 g/mol. The lowest BCUT2D eigenvalue weighted by Crippen LogP contribution is -2.36. The van der Waals surface area contributed by atoms with Crippen molar-refractivity contribution in [3.63, 3.8) is 0 Å². The van der Waals surface area contributed by atoms with E-state index in [0.717, 1.165) is 28.5 Å². The van der Waals surface area contributed by atoms with Crippen LogP contribution >= 0.6 is 0 Å². The van der Waals surface area contributed by atoms with E-state index in [2.05, 4.69) is 15.8 Å². The zero-order valence-electron chi connectivity index (χ0n) is 15.2. The number of H-pyrrole nitrogens is 1. The summed E-state index contributed by atoms with van der Waals surface area (Å²) >= 11 is 0. The number of hydrogen-bond acceptors (Lipinski definition) is 3. The summed E-state index contributed by atoms with van der Waals surface area (Å²) in [5.74, 6) is -0.142. The Morgan fingerprint density at radius 1 is 1.19 bits per heavy atom. The summed E-state index contributed by atoms with van der Waals surface area (Å²) in [5, 5.41) is 1.13. The summed E-state index contributed by atoms with van der Waals surface area (Å²) < 4.78 is 26.5. The van der Waals surface area contributed by atoms with E-state index in [1.165, 1.54) is 24.9 Å². The lowest BCUT2D eigenvalue weighted by Gasteiger charge is -2.28. The van der Waals surface area contributed by atoms with Gasteiger partial charge in [0.15, 0.2) is 0 Å². The fourth-order valence-electron chi connectivity index (χ4n) is 3.63. The molecule has 0 aliphatic carbocycles. The first-order valence-corrected chi connectivity index (χ1v) is 10.3. The zero-order chi connectivity index (χ0) is 19.2. The third kappa shape index (κ3) is 3.02. The van der Waals surface area contributed by atoms with E-state index in [1.54, 1.807) is 11.0 Å². The van der Waals surface area contributed by atoms with Gasteiger partial charge in [-0.3, -0.25) is 4.79 Å². The van der Waals surface area contributed by atoms with Crippen LogP contribution in [0.4, 0.5) is 0 Å². The molecule has 3 aromatic rings. The molecule has 27 heavy (non-hydrogen) atoms. The molecule has 7 heteroatoms. The maximum absolute atomic E-state index is 13.2. The molecule has 140 valence electrons. The van der Waals surface area contributed by atoms with Crippen molar-refractivity contribution in [1.29, 1.82) is 0 Å². The third-order valence-electron chi connectivity index (χ3n) is 5.19. The lowest BCUT2D eigenvalue weighted by atomic mass is 10.0. The van der Waals surface area contributed by atoms with Crippen LogP contribution in [0.1, 0.15) is 27.2 Å². The molecule has 0 spiro atoms. The Labute approximate surface area is 158 Å². The van der Waals surface area contributed by atoms with Gasteiger partial charge in [0.1, 0.15) is 0 Å². The molecule has 2 heterocycles. The molecule has 1 aliphatic heterocycles. The van der Waals surface area contributed by atoms with Gasteiger partial charge in [-0.2, -0.15) is 0 Å². The molecule has 0 atom stereocenters. The van der Waals surface area contributed by atoms with E-state index in [4.69, 9.17) is 0 Å².